The fraction of sp³-hybridized carbons (Fsp3) is 0.381. The molecule has 1 amide bonds. The van der Waals surface area contributed by atoms with Crippen LogP contribution in [0.25, 0.3) is 0 Å². The molecule has 1 aliphatic carbocycles. The van der Waals surface area contributed by atoms with Gasteiger partial charge < -0.3 is 10.6 Å². The Bertz CT molecular complexity index is 738. The van der Waals surface area contributed by atoms with Crippen molar-refractivity contribution in [2.75, 3.05) is 13.1 Å². The molecule has 2 unspecified atom stereocenters. The first-order valence-corrected chi connectivity index (χ1v) is 9.79. The Kier molecular flexibility index (Phi) is 4.65. The quantitative estimate of drug-likeness (QED) is 0.815. The second-order valence-corrected chi connectivity index (χ2v) is 8.19. The van der Waals surface area contributed by atoms with Crippen molar-refractivity contribution in [3.63, 3.8) is 0 Å². The average Bonchev–Trinajstić information content (AvgIpc) is 3.35. The van der Waals surface area contributed by atoms with Crippen LogP contribution in [0.15, 0.2) is 59.1 Å². The highest BCUT2D eigenvalue weighted by Crippen LogP contribution is 2.58. The first kappa shape index (κ1) is 16.8. The van der Waals surface area contributed by atoms with Crippen LogP contribution < -0.4 is 10.6 Å². The molecular formula is C21H23BrN2O. The zero-order valence-corrected chi connectivity index (χ0v) is 15.8. The molecule has 2 aromatic carbocycles. The number of rotatable bonds is 4. The predicted octanol–water partition coefficient (Wildman–Crippen LogP) is 4.04. The Morgan fingerprint density at radius 1 is 1.04 bits per heavy atom. The molecule has 1 spiro atoms. The van der Waals surface area contributed by atoms with Crippen LogP contribution in [0.2, 0.25) is 0 Å². The number of amides is 1. The van der Waals surface area contributed by atoms with Crippen LogP contribution in [0.1, 0.15) is 36.4 Å². The Morgan fingerprint density at radius 2 is 1.68 bits per heavy atom. The van der Waals surface area contributed by atoms with Gasteiger partial charge in [0, 0.05) is 10.4 Å². The summed E-state index contributed by atoms with van der Waals surface area (Å²) in [5.74, 6) is 0.384. The van der Waals surface area contributed by atoms with Gasteiger partial charge in [-0.2, -0.15) is 0 Å². The SMILES string of the molecule is O=C(NC(c1ccccc1)c1ccc(Br)cc1)C1CC12CCNCC2. The third-order valence-corrected chi connectivity index (χ3v) is 6.26. The van der Waals surface area contributed by atoms with Gasteiger partial charge in [0.15, 0.2) is 0 Å². The van der Waals surface area contributed by atoms with E-state index in [-0.39, 0.29) is 23.3 Å². The van der Waals surface area contributed by atoms with Crippen molar-refractivity contribution >= 4 is 21.8 Å². The maximum atomic E-state index is 13.0. The molecule has 2 atom stereocenters. The Morgan fingerprint density at radius 3 is 2.36 bits per heavy atom. The Balaban J connectivity index is 1.55. The normalized spacial score (nSPS) is 22.4. The highest BCUT2D eigenvalue weighted by Gasteiger charge is 2.57. The van der Waals surface area contributed by atoms with E-state index in [1.807, 2.05) is 30.3 Å². The van der Waals surface area contributed by atoms with Crippen molar-refractivity contribution in [1.29, 1.82) is 0 Å². The molecule has 1 saturated carbocycles. The fourth-order valence-corrected chi connectivity index (χ4v) is 4.36. The van der Waals surface area contributed by atoms with Crippen molar-refractivity contribution in [3.05, 3.63) is 70.2 Å². The number of nitrogens with one attached hydrogen (secondary N) is 2. The summed E-state index contributed by atoms with van der Waals surface area (Å²) in [5, 5.41) is 6.73. The van der Waals surface area contributed by atoms with Crippen molar-refractivity contribution < 1.29 is 4.79 Å². The van der Waals surface area contributed by atoms with E-state index in [4.69, 9.17) is 0 Å². The van der Waals surface area contributed by atoms with E-state index in [0.717, 1.165) is 48.0 Å². The molecule has 4 heteroatoms. The number of piperidine rings is 1. The zero-order chi connectivity index (χ0) is 17.3. The summed E-state index contributed by atoms with van der Waals surface area (Å²) in [7, 11) is 0. The lowest BCUT2D eigenvalue weighted by molar-refractivity contribution is -0.123. The molecule has 2 N–H and O–H groups in total. The summed E-state index contributed by atoms with van der Waals surface area (Å²) < 4.78 is 1.05. The van der Waals surface area contributed by atoms with Gasteiger partial charge in [0.1, 0.15) is 0 Å². The summed E-state index contributed by atoms with van der Waals surface area (Å²) in [6.45, 7) is 2.08. The first-order chi connectivity index (χ1) is 12.2. The van der Waals surface area contributed by atoms with Crippen LogP contribution in [-0.2, 0) is 4.79 Å². The lowest BCUT2D eigenvalue weighted by atomic mass is 9.91. The van der Waals surface area contributed by atoms with E-state index in [1.165, 1.54) is 0 Å². The molecule has 4 rings (SSSR count). The largest absolute Gasteiger partial charge is 0.345 e. The highest BCUT2D eigenvalue weighted by molar-refractivity contribution is 9.10. The summed E-state index contributed by atoms with van der Waals surface area (Å²) in [4.78, 5) is 13.0. The van der Waals surface area contributed by atoms with Gasteiger partial charge in [-0.1, -0.05) is 58.4 Å². The fourth-order valence-electron chi connectivity index (χ4n) is 4.10. The molecule has 2 fully saturated rings. The molecule has 0 radical (unpaired) electrons. The monoisotopic (exact) mass is 398 g/mol. The highest BCUT2D eigenvalue weighted by atomic mass is 79.9. The van der Waals surface area contributed by atoms with Crippen LogP contribution >= 0.6 is 15.9 Å². The molecule has 2 aliphatic rings. The molecule has 130 valence electrons. The summed E-state index contributed by atoms with van der Waals surface area (Å²) >= 11 is 3.49. The summed E-state index contributed by atoms with van der Waals surface area (Å²) in [6, 6.07) is 18.4. The number of carbonyl (C=O) groups excluding carboxylic acids is 1. The lowest BCUT2D eigenvalue weighted by Gasteiger charge is -2.25. The molecule has 1 aliphatic heterocycles. The van der Waals surface area contributed by atoms with E-state index >= 15 is 0 Å². The molecule has 1 saturated heterocycles. The van der Waals surface area contributed by atoms with E-state index in [2.05, 4.69) is 50.8 Å². The molecule has 25 heavy (non-hydrogen) atoms. The smallest absolute Gasteiger partial charge is 0.224 e. The number of benzene rings is 2. The summed E-state index contributed by atoms with van der Waals surface area (Å²) in [5.41, 5.74) is 2.50. The van der Waals surface area contributed by atoms with Gasteiger partial charge in [0.25, 0.3) is 0 Å². The number of hydrogen-bond acceptors (Lipinski definition) is 2. The minimum Gasteiger partial charge on any atom is -0.345 e. The van der Waals surface area contributed by atoms with Gasteiger partial charge in [-0.15, -0.1) is 0 Å². The Labute approximate surface area is 157 Å². The second kappa shape index (κ2) is 6.93. The summed E-state index contributed by atoms with van der Waals surface area (Å²) in [6.07, 6.45) is 3.29. The van der Waals surface area contributed by atoms with Gasteiger partial charge >= 0.3 is 0 Å². The molecule has 1 heterocycles. The van der Waals surface area contributed by atoms with Gasteiger partial charge in [-0.05, 0) is 61.0 Å². The first-order valence-electron chi connectivity index (χ1n) is 8.99. The minimum absolute atomic E-state index is 0.0961. The molecular weight excluding hydrogens is 376 g/mol. The van der Waals surface area contributed by atoms with Gasteiger partial charge in [0.05, 0.1) is 6.04 Å². The van der Waals surface area contributed by atoms with Crippen LogP contribution in [0.3, 0.4) is 0 Å². The van der Waals surface area contributed by atoms with E-state index in [0.29, 0.717) is 0 Å². The second-order valence-electron chi connectivity index (χ2n) is 7.27. The number of halogens is 1. The average molecular weight is 399 g/mol. The standard InChI is InChI=1S/C21H23BrN2O/c22-17-8-6-16(7-9-17)19(15-4-2-1-3-5-15)24-20(25)18-14-21(18)10-12-23-13-11-21/h1-9,18-19,23H,10-14H2,(H,24,25). The number of hydrogen-bond donors (Lipinski definition) is 2. The Hall–Kier alpha value is -1.65. The van der Waals surface area contributed by atoms with Gasteiger partial charge in [0.2, 0.25) is 5.91 Å². The third kappa shape index (κ3) is 3.51. The van der Waals surface area contributed by atoms with Crippen LogP contribution in [0.5, 0.6) is 0 Å². The third-order valence-electron chi connectivity index (χ3n) is 5.73. The van der Waals surface area contributed by atoms with Gasteiger partial charge in [-0.3, -0.25) is 4.79 Å². The molecule has 0 aromatic heterocycles. The number of carbonyl (C=O) groups is 1. The molecule has 0 bridgehead atoms. The van der Waals surface area contributed by atoms with Gasteiger partial charge in [-0.25, -0.2) is 0 Å². The van der Waals surface area contributed by atoms with Crippen molar-refractivity contribution in [2.24, 2.45) is 11.3 Å². The van der Waals surface area contributed by atoms with E-state index < -0.39 is 0 Å². The minimum atomic E-state index is -0.0961. The predicted molar refractivity (Wildman–Crippen MR) is 103 cm³/mol. The van der Waals surface area contributed by atoms with Crippen LogP contribution in [-0.4, -0.2) is 19.0 Å². The topological polar surface area (TPSA) is 41.1 Å². The molecule has 3 nitrogen and oxygen atoms in total. The van der Waals surface area contributed by atoms with Crippen molar-refractivity contribution in [1.82, 2.24) is 10.6 Å². The van der Waals surface area contributed by atoms with E-state index in [9.17, 15) is 4.79 Å². The lowest BCUT2D eigenvalue weighted by Crippen LogP contribution is -2.35. The van der Waals surface area contributed by atoms with Crippen LogP contribution in [0.4, 0.5) is 0 Å². The maximum Gasteiger partial charge on any atom is 0.224 e. The van der Waals surface area contributed by atoms with Crippen LogP contribution in [0, 0.1) is 11.3 Å². The van der Waals surface area contributed by atoms with Crippen molar-refractivity contribution in [2.45, 2.75) is 25.3 Å². The van der Waals surface area contributed by atoms with E-state index in [1.54, 1.807) is 0 Å². The zero-order valence-electron chi connectivity index (χ0n) is 14.2. The van der Waals surface area contributed by atoms with Crippen molar-refractivity contribution in [3.8, 4) is 0 Å². The molecule has 2 aromatic rings. The maximum absolute atomic E-state index is 13.0.